The molecule has 20 heavy (non-hydrogen) atoms. The SMILES string of the molecule is Cn1nc(B2OC(C)(C)C(C)(C)O2)c2ccc(Cl)cc21. The number of nitrogens with zero attached hydrogens (tertiary/aromatic N) is 2. The first-order chi connectivity index (χ1) is 9.21. The fraction of sp³-hybridized carbons (Fsp3) is 0.500. The van der Waals surface area contributed by atoms with Crippen molar-refractivity contribution in [3.05, 3.63) is 23.2 Å². The first kappa shape index (κ1) is 13.9. The van der Waals surface area contributed by atoms with Crippen molar-refractivity contribution in [3.8, 4) is 0 Å². The maximum absolute atomic E-state index is 6.07. The van der Waals surface area contributed by atoms with Crippen LogP contribution in [0.1, 0.15) is 27.7 Å². The van der Waals surface area contributed by atoms with Gasteiger partial charge in [0.25, 0.3) is 0 Å². The maximum atomic E-state index is 6.07. The van der Waals surface area contributed by atoms with Crippen LogP contribution in [-0.2, 0) is 16.4 Å². The first-order valence-electron chi connectivity index (χ1n) is 6.69. The Balaban J connectivity index is 2.09. The third-order valence-electron chi connectivity index (χ3n) is 4.32. The van der Waals surface area contributed by atoms with E-state index in [9.17, 15) is 0 Å². The van der Waals surface area contributed by atoms with Crippen LogP contribution in [0.25, 0.3) is 10.9 Å². The Morgan fingerprint density at radius 2 is 1.75 bits per heavy atom. The Kier molecular flexibility index (Phi) is 2.94. The summed E-state index contributed by atoms with van der Waals surface area (Å²) in [5.74, 6) is 0. The molecule has 0 bridgehead atoms. The van der Waals surface area contributed by atoms with Gasteiger partial charge in [-0.2, -0.15) is 5.10 Å². The molecule has 1 saturated heterocycles. The van der Waals surface area contributed by atoms with E-state index in [-0.39, 0.29) is 11.2 Å². The van der Waals surface area contributed by atoms with Gasteiger partial charge in [0.15, 0.2) is 0 Å². The lowest BCUT2D eigenvalue weighted by molar-refractivity contribution is 0.00578. The molecule has 0 unspecified atom stereocenters. The van der Waals surface area contributed by atoms with Crippen LogP contribution in [0.5, 0.6) is 0 Å². The Bertz CT molecular complexity index is 665. The number of halogens is 1. The van der Waals surface area contributed by atoms with Gasteiger partial charge in [-0.1, -0.05) is 17.7 Å². The molecular weight excluding hydrogens is 274 g/mol. The predicted molar refractivity (Wildman–Crippen MR) is 81.4 cm³/mol. The normalized spacial score (nSPS) is 20.8. The van der Waals surface area contributed by atoms with E-state index in [4.69, 9.17) is 20.9 Å². The van der Waals surface area contributed by atoms with Gasteiger partial charge in [0.05, 0.1) is 16.7 Å². The molecule has 0 aliphatic carbocycles. The molecule has 1 aromatic heterocycles. The highest BCUT2D eigenvalue weighted by Gasteiger charge is 2.53. The van der Waals surface area contributed by atoms with Gasteiger partial charge in [0, 0.05) is 17.5 Å². The highest BCUT2D eigenvalue weighted by Crippen LogP contribution is 2.36. The number of fused-ring (bicyclic) bond motifs is 1. The predicted octanol–water partition coefficient (Wildman–Crippen LogP) is 2.53. The lowest BCUT2D eigenvalue weighted by Crippen LogP contribution is -2.41. The van der Waals surface area contributed by atoms with Gasteiger partial charge in [-0.05, 0) is 39.8 Å². The highest BCUT2D eigenvalue weighted by atomic mass is 35.5. The van der Waals surface area contributed by atoms with Crippen LogP contribution in [0, 0.1) is 0 Å². The molecule has 1 fully saturated rings. The molecule has 0 atom stereocenters. The summed E-state index contributed by atoms with van der Waals surface area (Å²) < 4.78 is 13.9. The third kappa shape index (κ3) is 1.96. The van der Waals surface area contributed by atoms with E-state index >= 15 is 0 Å². The Hall–Kier alpha value is -1.04. The van der Waals surface area contributed by atoms with Crippen LogP contribution in [0.3, 0.4) is 0 Å². The lowest BCUT2D eigenvalue weighted by Gasteiger charge is -2.32. The molecule has 106 valence electrons. The molecule has 0 amide bonds. The molecule has 1 aromatic carbocycles. The molecule has 1 aliphatic heterocycles. The van der Waals surface area contributed by atoms with Gasteiger partial charge < -0.3 is 9.31 Å². The van der Waals surface area contributed by atoms with Crippen LogP contribution in [-0.4, -0.2) is 28.1 Å². The zero-order chi connectivity index (χ0) is 14.7. The molecule has 3 rings (SSSR count). The second-order valence-electron chi connectivity index (χ2n) is 6.26. The van der Waals surface area contributed by atoms with E-state index in [0.29, 0.717) is 5.02 Å². The van der Waals surface area contributed by atoms with Crippen molar-refractivity contribution in [1.29, 1.82) is 0 Å². The van der Waals surface area contributed by atoms with Crippen LogP contribution in [0.4, 0.5) is 0 Å². The number of aryl methyl sites for hydroxylation is 1. The van der Waals surface area contributed by atoms with Crippen molar-refractivity contribution in [3.63, 3.8) is 0 Å². The monoisotopic (exact) mass is 292 g/mol. The minimum Gasteiger partial charge on any atom is -0.398 e. The molecule has 4 nitrogen and oxygen atoms in total. The molecule has 0 saturated carbocycles. The van der Waals surface area contributed by atoms with Crippen LogP contribution in [0.2, 0.25) is 5.02 Å². The second-order valence-corrected chi connectivity index (χ2v) is 6.70. The van der Waals surface area contributed by atoms with Crippen molar-refractivity contribution in [2.45, 2.75) is 38.9 Å². The molecule has 6 heteroatoms. The molecule has 0 radical (unpaired) electrons. The number of benzene rings is 1. The summed E-state index contributed by atoms with van der Waals surface area (Å²) in [5, 5.41) is 6.26. The molecule has 2 aromatic rings. The minimum absolute atomic E-state index is 0.367. The Morgan fingerprint density at radius 3 is 2.35 bits per heavy atom. The Morgan fingerprint density at radius 1 is 1.15 bits per heavy atom. The van der Waals surface area contributed by atoms with Crippen LogP contribution in [0.15, 0.2) is 18.2 Å². The van der Waals surface area contributed by atoms with Crippen molar-refractivity contribution >= 4 is 35.2 Å². The minimum atomic E-state index is -0.454. The summed E-state index contributed by atoms with van der Waals surface area (Å²) >= 11 is 6.05. The second kappa shape index (κ2) is 4.23. The standard InChI is InChI=1S/C14H18BClN2O2/c1-13(2)14(3,4)20-15(19-13)12-10-7-6-9(16)8-11(10)18(5)17-12/h6-8H,1-5H3. The van der Waals surface area contributed by atoms with Crippen molar-refractivity contribution in [2.24, 2.45) is 7.05 Å². The third-order valence-corrected chi connectivity index (χ3v) is 4.55. The fourth-order valence-electron chi connectivity index (χ4n) is 2.39. The quantitative estimate of drug-likeness (QED) is 0.758. The van der Waals surface area contributed by atoms with Gasteiger partial charge in [0.2, 0.25) is 0 Å². The van der Waals surface area contributed by atoms with E-state index in [2.05, 4.69) is 5.10 Å². The summed E-state index contributed by atoms with van der Waals surface area (Å²) in [6.07, 6.45) is 0. The summed E-state index contributed by atoms with van der Waals surface area (Å²) in [5.41, 5.74) is 1.04. The molecule has 0 spiro atoms. The zero-order valence-corrected chi connectivity index (χ0v) is 13.2. The topological polar surface area (TPSA) is 36.3 Å². The fourth-order valence-corrected chi connectivity index (χ4v) is 2.55. The largest absolute Gasteiger partial charge is 0.517 e. The van der Waals surface area contributed by atoms with E-state index in [1.165, 1.54) is 0 Å². The summed E-state index contributed by atoms with van der Waals surface area (Å²) in [7, 11) is 1.44. The van der Waals surface area contributed by atoms with Gasteiger partial charge in [-0.25, -0.2) is 0 Å². The summed E-state index contributed by atoms with van der Waals surface area (Å²) in [4.78, 5) is 0. The number of hydrogen-bond acceptors (Lipinski definition) is 3. The molecule has 0 N–H and O–H groups in total. The molecular formula is C14H18BClN2O2. The number of rotatable bonds is 1. The summed E-state index contributed by atoms with van der Waals surface area (Å²) in [6.45, 7) is 8.15. The lowest BCUT2D eigenvalue weighted by atomic mass is 9.82. The van der Waals surface area contributed by atoms with Crippen molar-refractivity contribution < 1.29 is 9.31 Å². The van der Waals surface area contributed by atoms with Crippen molar-refractivity contribution in [1.82, 2.24) is 9.78 Å². The average Bonchev–Trinajstić information content (AvgIpc) is 2.75. The number of aromatic nitrogens is 2. The van der Waals surface area contributed by atoms with E-state index < -0.39 is 7.12 Å². The number of hydrogen-bond donors (Lipinski definition) is 0. The van der Waals surface area contributed by atoms with Crippen LogP contribution < -0.4 is 5.59 Å². The first-order valence-corrected chi connectivity index (χ1v) is 7.07. The summed E-state index contributed by atoms with van der Waals surface area (Å²) in [6, 6.07) is 5.73. The molecule has 2 heterocycles. The maximum Gasteiger partial charge on any atom is 0.517 e. The van der Waals surface area contributed by atoms with E-state index in [1.807, 2.05) is 57.6 Å². The Labute approximate surface area is 124 Å². The van der Waals surface area contributed by atoms with Gasteiger partial charge in [0.1, 0.15) is 5.59 Å². The van der Waals surface area contributed by atoms with Crippen molar-refractivity contribution in [2.75, 3.05) is 0 Å². The van der Waals surface area contributed by atoms with E-state index in [1.54, 1.807) is 0 Å². The van der Waals surface area contributed by atoms with Gasteiger partial charge in [-0.15, -0.1) is 0 Å². The zero-order valence-electron chi connectivity index (χ0n) is 12.4. The smallest absolute Gasteiger partial charge is 0.398 e. The molecule has 1 aliphatic rings. The van der Waals surface area contributed by atoms with Gasteiger partial charge >= 0.3 is 7.12 Å². The highest BCUT2D eigenvalue weighted by molar-refractivity contribution is 6.64. The van der Waals surface area contributed by atoms with Gasteiger partial charge in [-0.3, -0.25) is 4.68 Å². The van der Waals surface area contributed by atoms with E-state index in [0.717, 1.165) is 16.5 Å². The average molecular weight is 293 g/mol. The van der Waals surface area contributed by atoms with Crippen LogP contribution >= 0.6 is 11.6 Å².